The molecule has 5 heterocycles. The molecule has 5 nitrogen and oxygen atoms in total. The van der Waals surface area contributed by atoms with Crippen LogP contribution in [-0.4, -0.2) is 40.1 Å². The summed E-state index contributed by atoms with van der Waals surface area (Å²) in [6.45, 7) is 4.25. The fraction of sp³-hybridized carbons (Fsp3) is 0.562. The lowest BCUT2D eigenvalue weighted by atomic mass is 9.82. The molecule has 5 rings (SSSR count). The normalized spacial score (nSPS) is 33.9. The second-order valence-corrected chi connectivity index (χ2v) is 6.71. The summed E-state index contributed by atoms with van der Waals surface area (Å²) in [6, 6.07) is 5.52. The van der Waals surface area contributed by atoms with Gasteiger partial charge in [0.1, 0.15) is 11.8 Å². The molecule has 108 valence electrons. The van der Waals surface area contributed by atoms with Gasteiger partial charge in [0.05, 0.1) is 5.52 Å². The summed E-state index contributed by atoms with van der Waals surface area (Å²) in [7, 11) is 0. The first-order valence-corrected chi connectivity index (χ1v) is 7.89. The zero-order valence-corrected chi connectivity index (χ0v) is 12.2. The summed E-state index contributed by atoms with van der Waals surface area (Å²) in [5, 5.41) is 3.77. The number of pyridine rings is 1. The maximum Gasteiger partial charge on any atom is 0.158 e. The molecule has 3 fully saturated rings. The van der Waals surface area contributed by atoms with Gasteiger partial charge in [-0.05, 0) is 43.7 Å². The number of aryl methyl sites for hydroxylation is 1. The minimum atomic E-state index is 0.729. The highest BCUT2D eigenvalue weighted by Gasteiger charge is 2.51. The van der Waals surface area contributed by atoms with Gasteiger partial charge in [-0.25, -0.2) is 15.0 Å². The Morgan fingerprint density at radius 3 is 2.62 bits per heavy atom. The van der Waals surface area contributed by atoms with E-state index in [-0.39, 0.29) is 0 Å². The van der Waals surface area contributed by atoms with Crippen molar-refractivity contribution < 1.29 is 0 Å². The number of anilines is 1. The lowest BCUT2D eigenvalue weighted by Gasteiger charge is -2.20. The van der Waals surface area contributed by atoms with E-state index in [0.717, 1.165) is 59.6 Å². The zero-order valence-electron chi connectivity index (χ0n) is 12.2. The molecular formula is C16H19N5. The minimum absolute atomic E-state index is 0.729. The first-order chi connectivity index (χ1) is 10.3. The molecule has 0 radical (unpaired) electrons. The molecule has 5 heteroatoms. The monoisotopic (exact) mass is 281 g/mol. The highest BCUT2D eigenvalue weighted by molar-refractivity contribution is 5.85. The van der Waals surface area contributed by atoms with Crippen LogP contribution in [0.25, 0.3) is 11.0 Å². The van der Waals surface area contributed by atoms with E-state index in [1.165, 1.54) is 12.8 Å². The highest BCUT2D eigenvalue weighted by Crippen LogP contribution is 2.44. The molecule has 0 saturated carbocycles. The van der Waals surface area contributed by atoms with Crippen LogP contribution in [0, 0.1) is 18.8 Å². The summed E-state index contributed by atoms with van der Waals surface area (Å²) in [5.74, 6) is 2.61. The smallest absolute Gasteiger partial charge is 0.158 e. The van der Waals surface area contributed by atoms with Crippen molar-refractivity contribution in [1.82, 2.24) is 20.3 Å². The number of nitrogens with one attached hydrogen (secondary N) is 1. The van der Waals surface area contributed by atoms with Crippen molar-refractivity contribution >= 4 is 16.9 Å². The largest absolute Gasteiger partial charge is 0.354 e. The van der Waals surface area contributed by atoms with Gasteiger partial charge < -0.3 is 10.2 Å². The number of rotatable bonds is 1. The van der Waals surface area contributed by atoms with Crippen molar-refractivity contribution in [3.63, 3.8) is 0 Å². The Morgan fingerprint density at radius 1 is 1.10 bits per heavy atom. The molecule has 0 aliphatic carbocycles. The Bertz CT molecular complexity index is 697. The van der Waals surface area contributed by atoms with Crippen molar-refractivity contribution in [2.24, 2.45) is 11.8 Å². The molecule has 2 bridgehead atoms. The Balaban J connectivity index is 1.55. The second kappa shape index (κ2) is 4.13. The summed E-state index contributed by atoms with van der Waals surface area (Å²) in [4.78, 5) is 16.0. The van der Waals surface area contributed by atoms with Gasteiger partial charge in [0.25, 0.3) is 0 Å². The van der Waals surface area contributed by atoms with Gasteiger partial charge in [-0.1, -0.05) is 0 Å². The van der Waals surface area contributed by atoms with Crippen LogP contribution in [-0.2, 0) is 0 Å². The van der Waals surface area contributed by atoms with Gasteiger partial charge in [-0.2, -0.15) is 0 Å². The molecule has 3 aliphatic heterocycles. The van der Waals surface area contributed by atoms with Gasteiger partial charge in [0.15, 0.2) is 5.82 Å². The Morgan fingerprint density at radius 2 is 1.86 bits per heavy atom. The molecule has 0 unspecified atom stereocenters. The Labute approximate surface area is 123 Å². The molecule has 0 amide bonds. The average molecular weight is 281 g/mol. The van der Waals surface area contributed by atoms with Crippen LogP contribution in [0.3, 0.4) is 0 Å². The fourth-order valence-electron chi connectivity index (χ4n) is 4.61. The van der Waals surface area contributed by atoms with E-state index in [4.69, 9.17) is 0 Å². The van der Waals surface area contributed by atoms with Crippen LogP contribution in [0.4, 0.5) is 5.82 Å². The Hall–Kier alpha value is -1.75. The molecule has 1 N–H and O–H groups in total. The molecule has 2 aromatic heterocycles. The summed E-state index contributed by atoms with van der Waals surface area (Å²) in [5.41, 5.74) is 2.93. The SMILES string of the molecule is Cc1ccc2ncnc(N3C[C@@H]4[C@H](C3)[C@@H]3CC[C@H]4N3)c2n1. The molecule has 3 saturated heterocycles. The van der Waals surface area contributed by atoms with E-state index in [0.29, 0.717) is 0 Å². The van der Waals surface area contributed by atoms with Crippen molar-refractivity contribution in [3.05, 3.63) is 24.2 Å². The van der Waals surface area contributed by atoms with Crippen molar-refractivity contribution in [1.29, 1.82) is 0 Å². The number of hydrogen-bond acceptors (Lipinski definition) is 5. The van der Waals surface area contributed by atoms with Crippen LogP contribution in [0.1, 0.15) is 18.5 Å². The predicted octanol–water partition coefficient (Wildman–Crippen LogP) is 1.52. The zero-order chi connectivity index (χ0) is 14.0. The maximum absolute atomic E-state index is 4.69. The lowest BCUT2D eigenvalue weighted by molar-refractivity contribution is 0.354. The Kier molecular flexibility index (Phi) is 2.33. The summed E-state index contributed by atoms with van der Waals surface area (Å²) >= 11 is 0. The van der Waals surface area contributed by atoms with Gasteiger partial charge in [0, 0.05) is 30.9 Å². The van der Waals surface area contributed by atoms with E-state index in [1.807, 2.05) is 19.1 Å². The molecule has 0 spiro atoms. The number of aromatic nitrogens is 3. The van der Waals surface area contributed by atoms with Crippen LogP contribution < -0.4 is 10.2 Å². The third-order valence-electron chi connectivity index (χ3n) is 5.56. The molecule has 0 aromatic carbocycles. The molecule has 2 aromatic rings. The number of fused-ring (bicyclic) bond motifs is 6. The predicted molar refractivity (Wildman–Crippen MR) is 81.2 cm³/mol. The second-order valence-electron chi connectivity index (χ2n) is 6.71. The first-order valence-electron chi connectivity index (χ1n) is 7.89. The standard InChI is InChI=1S/C16H19N5/c1-9-2-3-14-15(19-9)16(18-8-17-14)21-6-10-11(7-21)13-5-4-12(10)20-13/h2-3,8,10-13,20H,4-7H2,1H3/t10-,11+,12-,13+. The van der Waals surface area contributed by atoms with Crippen LogP contribution >= 0.6 is 0 Å². The third kappa shape index (κ3) is 1.64. The number of nitrogens with zero attached hydrogens (tertiary/aromatic N) is 4. The van der Waals surface area contributed by atoms with Crippen LogP contribution in [0.5, 0.6) is 0 Å². The van der Waals surface area contributed by atoms with Crippen molar-refractivity contribution in [3.8, 4) is 0 Å². The van der Waals surface area contributed by atoms with Gasteiger partial charge in [0.2, 0.25) is 0 Å². The van der Waals surface area contributed by atoms with Gasteiger partial charge in [-0.3, -0.25) is 0 Å². The molecule has 3 aliphatic rings. The summed E-state index contributed by atoms with van der Waals surface area (Å²) in [6.07, 6.45) is 4.37. The molecule has 4 atom stereocenters. The van der Waals surface area contributed by atoms with Crippen molar-refractivity contribution in [2.45, 2.75) is 31.8 Å². The topological polar surface area (TPSA) is 53.9 Å². The molecular weight excluding hydrogens is 262 g/mol. The van der Waals surface area contributed by atoms with Crippen LogP contribution in [0.15, 0.2) is 18.5 Å². The van der Waals surface area contributed by atoms with Gasteiger partial charge >= 0.3 is 0 Å². The molecule has 21 heavy (non-hydrogen) atoms. The van der Waals surface area contributed by atoms with Crippen molar-refractivity contribution in [2.75, 3.05) is 18.0 Å². The van der Waals surface area contributed by atoms with E-state index in [1.54, 1.807) is 6.33 Å². The quantitative estimate of drug-likeness (QED) is 0.859. The first kappa shape index (κ1) is 11.9. The lowest BCUT2D eigenvalue weighted by Crippen LogP contribution is -2.31. The van der Waals surface area contributed by atoms with Crippen LogP contribution in [0.2, 0.25) is 0 Å². The third-order valence-corrected chi connectivity index (χ3v) is 5.56. The maximum atomic E-state index is 4.69. The number of hydrogen-bond donors (Lipinski definition) is 1. The van der Waals surface area contributed by atoms with E-state index < -0.39 is 0 Å². The highest BCUT2D eigenvalue weighted by atomic mass is 15.3. The minimum Gasteiger partial charge on any atom is -0.354 e. The fourth-order valence-corrected chi connectivity index (χ4v) is 4.61. The van der Waals surface area contributed by atoms with Gasteiger partial charge in [-0.15, -0.1) is 0 Å². The van der Waals surface area contributed by atoms with E-state index >= 15 is 0 Å². The summed E-state index contributed by atoms with van der Waals surface area (Å²) < 4.78 is 0. The van der Waals surface area contributed by atoms with E-state index in [2.05, 4.69) is 25.2 Å². The average Bonchev–Trinajstić information content (AvgIpc) is 3.19. The van der Waals surface area contributed by atoms with E-state index in [9.17, 15) is 0 Å².